The summed E-state index contributed by atoms with van der Waals surface area (Å²) in [4.78, 5) is 37.2. The number of primary amides is 1. The zero-order valence-corrected chi connectivity index (χ0v) is 21.7. The number of carbonyl (C=O) groups is 3. The number of thioether (sulfide) groups is 1. The molecule has 0 aliphatic carbocycles. The minimum atomic E-state index is -0.676. The molecule has 0 saturated heterocycles. The van der Waals surface area contributed by atoms with E-state index in [1.54, 1.807) is 27.9 Å². The molecule has 0 aliphatic heterocycles. The third-order valence-corrected chi connectivity index (χ3v) is 7.19. The second-order valence-electron chi connectivity index (χ2n) is 7.90. The van der Waals surface area contributed by atoms with E-state index in [1.165, 1.54) is 11.8 Å². The van der Waals surface area contributed by atoms with Crippen molar-refractivity contribution in [3.8, 4) is 5.75 Å². The van der Waals surface area contributed by atoms with E-state index in [0.717, 1.165) is 28.5 Å². The van der Waals surface area contributed by atoms with Crippen LogP contribution < -0.4 is 15.8 Å². The number of thiophene rings is 1. The molecule has 0 fully saturated rings. The van der Waals surface area contributed by atoms with Gasteiger partial charge >= 0.3 is 5.97 Å². The number of carbonyl (C=O) groups excluding carboxylic acids is 3. The number of methoxy groups -OCH3 is 1. The highest BCUT2D eigenvalue weighted by molar-refractivity contribution is 7.99. The summed E-state index contributed by atoms with van der Waals surface area (Å²) in [6, 6.07) is 7.68. The molecule has 2 amide bonds. The molecule has 3 aromatic rings. The molecule has 2 heterocycles. The molecule has 3 rings (SSSR count). The summed E-state index contributed by atoms with van der Waals surface area (Å²) in [5, 5.41) is 11.9. The lowest BCUT2D eigenvalue weighted by Crippen LogP contribution is -2.18. The van der Waals surface area contributed by atoms with E-state index in [2.05, 4.69) is 15.5 Å². The van der Waals surface area contributed by atoms with Crippen molar-refractivity contribution in [2.45, 2.75) is 38.5 Å². The Morgan fingerprint density at radius 1 is 1.20 bits per heavy atom. The first-order chi connectivity index (χ1) is 16.6. The van der Waals surface area contributed by atoms with Crippen LogP contribution in [0.15, 0.2) is 29.4 Å². The summed E-state index contributed by atoms with van der Waals surface area (Å²) < 4.78 is 12.3. The quantitative estimate of drug-likeness (QED) is 0.309. The van der Waals surface area contributed by atoms with Crippen molar-refractivity contribution in [3.05, 3.63) is 51.7 Å². The summed E-state index contributed by atoms with van der Waals surface area (Å²) in [6.07, 6.45) is 0.215. The maximum atomic E-state index is 12.7. The van der Waals surface area contributed by atoms with Gasteiger partial charge in [-0.15, -0.1) is 21.5 Å². The maximum Gasteiger partial charge on any atom is 0.341 e. The average molecular weight is 518 g/mol. The van der Waals surface area contributed by atoms with Crippen molar-refractivity contribution in [1.82, 2.24) is 14.8 Å². The molecule has 10 nitrogen and oxygen atoms in total. The van der Waals surface area contributed by atoms with Gasteiger partial charge in [0, 0.05) is 13.5 Å². The molecular weight excluding hydrogens is 490 g/mol. The van der Waals surface area contributed by atoms with Gasteiger partial charge in [-0.25, -0.2) is 4.79 Å². The molecule has 0 spiro atoms. The van der Waals surface area contributed by atoms with Crippen LogP contribution in [0.2, 0.25) is 0 Å². The van der Waals surface area contributed by atoms with E-state index >= 15 is 0 Å². The SMILES string of the molecule is COc1ccc(Cc2nnc(SCC(=O)Nc3sc(C(N)=O)c(C)c3C(=O)OC(C)C)n2C)cc1. The van der Waals surface area contributed by atoms with Gasteiger partial charge in [0.25, 0.3) is 5.91 Å². The topological polar surface area (TPSA) is 138 Å². The Labute approximate surface area is 211 Å². The fourth-order valence-electron chi connectivity index (χ4n) is 3.20. The highest BCUT2D eigenvalue weighted by Gasteiger charge is 2.26. The molecule has 0 radical (unpaired) electrons. The second kappa shape index (κ2) is 11.4. The molecule has 0 saturated carbocycles. The van der Waals surface area contributed by atoms with Crippen LogP contribution in [-0.4, -0.2) is 51.5 Å². The Kier molecular flexibility index (Phi) is 8.52. The first kappa shape index (κ1) is 26.2. The van der Waals surface area contributed by atoms with Crippen molar-refractivity contribution < 1.29 is 23.9 Å². The first-order valence-corrected chi connectivity index (χ1v) is 12.5. The summed E-state index contributed by atoms with van der Waals surface area (Å²) >= 11 is 2.16. The zero-order chi connectivity index (χ0) is 25.7. The van der Waals surface area contributed by atoms with E-state index in [4.69, 9.17) is 15.2 Å². The summed E-state index contributed by atoms with van der Waals surface area (Å²) in [5.41, 5.74) is 7.00. The smallest absolute Gasteiger partial charge is 0.341 e. The van der Waals surface area contributed by atoms with Crippen LogP contribution in [0, 0.1) is 6.92 Å². The van der Waals surface area contributed by atoms with Crippen LogP contribution in [-0.2, 0) is 23.0 Å². The van der Waals surface area contributed by atoms with E-state index in [9.17, 15) is 14.4 Å². The van der Waals surface area contributed by atoms with Crippen molar-refractivity contribution in [1.29, 1.82) is 0 Å². The number of benzene rings is 1. The lowest BCUT2D eigenvalue weighted by atomic mass is 10.1. The number of anilines is 1. The van der Waals surface area contributed by atoms with Crippen molar-refractivity contribution in [2.75, 3.05) is 18.2 Å². The van der Waals surface area contributed by atoms with Gasteiger partial charge in [0.05, 0.1) is 29.4 Å². The standard InChI is InChI=1S/C23H27N5O5S2/c1-12(2)33-22(31)18-13(3)19(20(24)30)35-21(18)25-17(29)11-34-23-27-26-16(28(23)4)10-14-6-8-15(32-5)9-7-14/h6-9,12H,10-11H2,1-5H3,(H2,24,30)(H,25,29). The number of aromatic nitrogens is 3. The zero-order valence-electron chi connectivity index (χ0n) is 20.1. The van der Waals surface area contributed by atoms with Gasteiger partial charge in [-0.05, 0) is 44.0 Å². The molecule has 2 aromatic heterocycles. The van der Waals surface area contributed by atoms with Gasteiger partial charge in [-0.2, -0.15) is 0 Å². The van der Waals surface area contributed by atoms with Gasteiger partial charge in [0.15, 0.2) is 5.16 Å². The molecule has 186 valence electrons. The van der Waals surface area contributed by atoms with Gasteiger partial charge in [0.1, 0.15) is 16.6 Å². The largest absolute Gasteiger partial charge is 0.497 e. The van der Waals surface area contributed by atoms with Crippen molar-refractivity contribution >= 4 is 45.9 Å². The number of rotatable bonds is 10. The minimum absolute atomic E-state index is 0.0238. The number of nitrogens with zero attached hydrogens (tertiary/aromatic N) is 3. The van der Waals surface area contributed by atoms with Crippen molar-refractivity contribution in [3.63, 3.8) is 0 Å². The Hall–Kier alpha value is -3.38. The Morgan fingerprint density at radius 2 is 1.89 bits per heavy atom. The highest BCUT2D eigenvalue weighted by atomic mass is 32.2. The summed E-state index contributed by atoms with van der Waals surface area (Å²) in [5.74, 6) is -0.123. The lowest BCUT2D eigenvalue weighted by Gasteiger charge is -2.10. The molecular formula is C23H27N5O5S2. The van der Waals surface area contributed by atoms with Gasteiger partial charge in [-0.3, -0.25) is 9.59 Å². The summed E-state index contributed by atoms with van der Waals surface area (Å²) in [6.45, 7) is 5.03. The molecule has 0 aliphatic rings. The molecule has 0 bridgehead atoms. The lowest BCUT2D eigenvalue weighted by molar-refractivity contribution is -0.113. The number of esters is 1. The predicted octanol–water partition coefficient (Wildman–Crippen LogP) is 3.18. The van der Waals surface area contributed by atoms with E-state index in [0.29, 0.717) is 17.1 Å². The van der Waals surface area contributed by atoms with Gasteiger partial charge in [-0.1, -0.05) is 23.9 Å². The number of nitrogens with two attached hydrogens (primary N) is 1. The van der Waals surface area contributed by atoms with E-state index in [1.807, 2.05) is 35.9 Å². The third-order valence-electron chi connectivity index (χ3n) is 4.95. The van der Waals surface area contributed by atoms with Crippen LogP contribution >= 0.6 is 23.1 Å². The summed E-state index contributed by atoms with van der Waals surface area (Å²) in [7, 11) is 3.45. The fraction of sp³-hybridized carbons (Fsp3) is 0.348. The molecule has 1 aromatic carbocycles. The van der Waals surface area contributed by atoms with Crippen LogP contribution in [0.3, 0.4) is 0 Å². The third kappa shape index (κ3) is 6.40. The Morgan fingerprint density at radius 3 is 2.49 bits per heavy atom. The maximum absolute atomic E-state index is 12.7. The molecule has 35 heavy (non-hydrogen) atoms. The monoisotopic (exact) mass is 517 g/mol. The number of amides is 2. The van der Waals surface area contributed by atoms with Crippen LogP contribution in [0.4, 0.5) is 5.00 Å². The first-order valence-electron chi connectivity index (χ1n) is 10.7. The van der Waals surface area contributed by atoms with Crippen LogP contribution in [0.25, 0.3) is 0 Å². The Bertz CT molecular complexity index is 1230. The minimum Gasteiger partial charge on any atom is -0.497 e. The van der Waals surface area contributed by atoms with E-state index < -0.39 is 11.9 Å². The Balaban J connectivity index is 1.68. The van der Waals surface area contributed by atoms with Crippen LogP contribution in [0.1, 0.15) is 50.8 Å². The number of nitrogens with one attached hydrogen (secondary N) is 1. The normalized spacial score (nSPS) is 10.9. The second-order valence-corrected chi connectivity index (χ2v) is 9.86. The number of hydrogen-bond acceptors (Lipinski definition) is 9. The highest BCUT2D eigenvalue weighted by Crippen LogP contribution is 2.34. The molecule has 12 heteroatoms. The van der Waals surface area contributed by atoms with E-state index in [-0.39, 0.29) is 33.2 Å². The average Bonchev–Trinajstić information content (AvgIpc) is 3.31. The van der Waals surface area contributed by atoms with Crippen molar-refractivity contribution in [2.24, 2.45) is 12.8 Å². The van der Waals surface area contributed by atoms with Gasteiger partial charge < -0.3 is 25.1 Å². The predicted molar refractivity (Wildman–Crippen MR) is 134 cm³/mol. The fourth-order valence-corrected chi connectivity index (χ4v) is 4.99. The number of hydrogen-bond donors (Lipinski definition) is 2. The molecule has 0 unspecified atom stereocenters. The van der Waals surface area contributed by atoms with Gasteiger partial charge in [0.2, 0.25) is 5.91 Å². The molecule has 3 N–H and O–H groups in total. The molecule has 0 atom stereocenters. The van der Waals surface area contributed by atoms with Crippen LogP contribution in [0.5, 0.6) is 5.75 Å². The number of ether oxygens (including phenoxy) is 2.